The number of aromatic nitrogens is 1. The van der Waals surface area contributed by atoms with Gasteiger partial charge in [-0.3, -0.25) is 0 Å². The molecule has 0 radical (unpaired) electrons. The van der Waals surface area contributed by atoms with Gasteiger partial charge in [-0.15, -0.1) is 0 Å². The molecule has 1 saturated heterocycles. The second-order valence-corrected chi connectivity index (χ2v) is 5.97. The Labute approximate surface area is 121 Å². The monoisotopic (exact) mass is 291 g/mol. The van der Waals surface area contributed by atoms with Crippen LogP contribution in [0.1, 0.15) is 16.9 Å². The number of aromatic carboxylic acids is 1. The van der Waals surface area contributed by atoms with Crippen LogP contribution in [0.5, 0.6) is 0 Å². The Hall–Kier alpha value is -1.66. The number of hydrogen-bond donors (Lipinski definition) is 1. The van der Waals surface area contributed by atoms with Crippen LogP contribution in [0.25, 0.3) is 10.1 Å². The van der Waals surface area contributed by atoms with Crippen molar-refractivity contribution in [3.05, 3.63) is 23.9 Å². The summed E-state index contributed by atoms with van der Waals surface area (Å²) in [7, 11) is 2.14. The van der Waals surface area contributed by atoms with Crippen molar-refractivity contribution in [3.63, 3.8) is 0 Å². The maximum atomic E-state index is 11.2. The second kappa shape index (κ2) is 5.38. The smallest absolute Gasteiger partial charge is 0.356 e. The van der Waals surface area contributed by atoms with Crippen LogP contribution in [0, 0.1) is 0 Å². The maximum Gasteiger partial charge on any atom is 0.356 e. The molecule has 5 nitrogen and oxygen atoms in total. The lowest BCUT2D eigenvalue weighted by molar-refractivity contribution is 0.0694. The first-order valence-corrected chi connectivity index (χ1v) is 7.49. The van der Waals surface area contributed by atoms with Gasteiger partial charge in [-0.05, 0) is 49.7 Å². The van der Waals surface area contributed by atoms with E-state index < -0.39 is 5.97 Å². The molecule has 1 aliphatic heterocycles. The molecular formula is C14H17N3O2S. The highest BCUT2D eigenvalue weighted by Crippen LogP contribution is 2.28. The third-order valence-electron chi connectivity index (χ3n) is 3.74. The highest BCUT2D eigenvalue weighted by molar-refractivity contribution is 7.13. The first-order valence-electron chi connectivity index (χ1n) is 6.71. The molecule has 3 rings (SSSR count). The third kappa shape index (κ3) is 2.48. The topological polar surface area (TPSA) is 56.7 Å². The molecule has 2 aromatic rings. The predicted molar refractivity (Wildman–Crippen MR) is 80.9 cm³/mol. The molecule has 20 heavy (non-hydrogen) atoms. The maximum absolute atomic E-state index is 11.2. The quantitative estimate of drug-likeness (QED) is 0.918. The summed E-state index contributed by atoms with van der Waals surface area (Å²) in [6, 6.07) is 6.01. The van der Waals surface area contributed by atoms with Crippen molar-refractivity contribution in [3.8, 4) is 0 Å². The molecule has 1 aliphatic rings. The van der Waals surface area contributed by atoms with Gasteiger partial charge in [0.15, 0.2) is 5.69 Å². The summed E-state index contributed by atoms with van der Waals surface area (Å²) in [4.78, 5) is 15.8. The van der Waals surface area contributed by atoms with Gasteiger partial charge in [0, 0.05) is 30.7 Å². The minimum atomic E-state index is -0.955. The Morgan fingerprint density at radius 1 is 1.30 bits per heavy atom. The van der Waals surface area contributed by atoms with Crippen LogP contribution in [-0.2, 0) is 0 Å². The first kappa shape index (κ1) is 13.3. The number of carbonyl (C=O) groups is 1. The number of carboxylic acid groups (broad SMARTS) is 1. The van der Waals surface area contributed by atoms with Crippen molar-refractivity contribution in [1.82, 2.24) is 9.27 Å². The molecule has 1 N–H and O–H groups in total. The minimum absolute atomic E-state index is 0.166. The SMILES string of the molecule is CN1CCCN(c2ccc3snc(C(=O)O)c3c2)CC1. The molecule has 0 amide bonds. The molecule has 0 bridgehead atoms. The van der Waals surface area contributed by atoms with Crippen LogP contribution in [0.15, 0.2) is 18.2 Å². The van der Waals surface area contributed by atoms with E-state index in [0.717, 1.165) is 48.4 Å². The lowest BCUT2D eigenvalue weighted by Gasteiger charge is -2.22. The number of fused-ring (bicyclic) bond motifs is 1. The van der Waals surface area contributed by atoms with Crippen molar-refractivity contribution in [2.24, 2.45) is 0 Å². The summed E-state index contributed by atoms with van der Waals surface area (Å²) in [5, 5.41) is 9.92. The highest BCUT2D eigenvalue weighted by atomic mass is 32.1. The molecule has 0 atom stereocenters. The molecule has 1 aromatic carbocycles. The Morgan fingerprint density at radius 3 is 2.95 bits per heavy atom. The summed E-state index contributed by atoms with van der Waals surface area (Å²) in [5.74, 6) is -0.955. The van der Waals surface area contributed by atoms with E-state index in [2.05, 4.69) is 27.3 Å². The average Bonchev–Trinajstić information content (AvgIpc) is 2.73. The zero-order valence-electron chi connectivity index (χ0n) is 11.4. The van der Waals surface area contributed by atoms with Gasteiger partial charge in [-0.1, -0.05) is 0 Å². The molecule has 0 spiro atoms. The van der Waals surface area contributed by atoms with E-state index in [1.54, 1.807) is 0 Å². The van der Waals surface area contributed by atoms with E-state index in [-0.39, 0.29) is 5.69 Å². The Morgan fingerprint density at radius 2 is 2.15 bits per heavy atom. The normalized spacial score (nSPS) is 17.4. The Bertz CT molecular complexity index is 640. The van der Waals surface area contributed by atoms with E-state index in [0.29, 0.717) is 0 Å². The molecule has 1 aromatic heterocycles. The van der Waals surface area contributed by atoms with Crippen LogP contribution < -0.4 is 4.90 Å². The van der Waals surface area contributed by atoms with Gasteiger partial charge in [-0.2, -0.15) is 4.37 Å². The van der Waals surface area contributed by atoms with Crippen LogP contribution in [0.2, 0.25) is 0 Å². The van der Waals surface area contributed by atoms with Gasteiger partial charge in [0.25, 0.3) is 0 Å². The Balaban J connectivity index is 1.95. The fourth-order valence-electron chi connectivity index (χ4n) is 2.58. The number of likely N-dealkylation sites (N-methyl/N-ethyl adjacent to an activating group) is 1. The van der Waals surface area contributed by atoms with E-state index in [9.17, 15) is 9.90 Å². The van der Waals surface area contributed by atoms with Gasteiger partial charge in [0.2, 0.25) is 0 Å². The molecule has 0 saturated carbocycles. The minimum Gasteiger partial charge on any atom is -0.476 e. The second-order valence-electron chi connectivity index (χ2n) is 5.16. The molecule has 0 aliphatic carbocycles. The van der Waals surface area contributed by atoms with Crippen LogP contribution >= 0.6 is 11.5 Å². The molecule has 6 heteroatoms. The van der Waals surface area contributed by atoms with Gasteiger partial charge < -0.3 is 14.9 Å². The van der Waals surface area contributed by atoms with E-state index in [4.69, 9.17) is 0 Å². The van der Waals surface area contributed by atoms with Gasteiger partial charge in [0.05, 0.1) is 4.70 Å². The van der Waals surface area contributed by atoms with Crippen molar-refractivity contribution >= 4 is 33.3 Å². The van der Waals surface area contributed by atoms with E-state index >= 15 is 0 Å². The summed E-state index contributed by atoms with van der Waals surface area (Å²) >= 11 is 1.24. The molecule has 1 fully saturated rings. The van der Waals surface area contributed by atoms with E-state index in [1.165, 1.54) is 11.5 Å². The first-order chi connectivity index (χ1) is 9.65. The zero-order valence-corrected chi connectivity index (χ0v) is 12.2. The standard InChI is InChI=1S/C14H17N3O2S/c1-16-5-2-6-17(8-7-16)10-3-4-12-11(9-10)13(14(18)19)15-20-12/h3-4,9H,2,5-8H2,1H3,(H,18,19). The van der Waals surface area contributed by atoms with Gasteiger partial charge in [0.1, 0.15) is 0 Å². The third-order valence-corrected chi connectivity index (χ3v) is 4.57. The number of anilines is 1. The largest absolute Gasteiger partial charge is 0.476 e. The fourth-order valence-corrected chi connectivity index (χ4v) is 3.33. The van der Waals surface area contributed by atoms with Crippen molar-refractivity contribution in [1.29, 1.82) is 0 Å². The molecule has 106 valence electrons. The van der Waals surface area contributed by atoms with Crippen molar-refractivity contribution < 1.29 is 9.90 Å². The van der Waals surface area contributed by atoms with Gasteiger partial charge >= 0.3 is 5.97 Å². The number of nitrogens with zero attached hydrogens (tertiary/aromatic N) is 3. The van der Waals surface area contributed by atoms with Crippen LogP contribution in [0.3, 0.4) is 0 Å². The van der Waals surface area contributed by atoms with E-state index in [1.807, 2.05) is 12.1 Å². The van der Waals surface area contributed by atoms with Crippen molar-refractivity contribution in [2.75, 3.05) is 38.1 Å². The number of benzene rings is 1. The fraction of sp³-hybridized carbons (Fsp3) is 0.429. The summed E-state index contributed by atoms with van der Waals surface area (Å²) in [6.07, 6.45) is 1.13. The summed E-state index contributed by atoms with van der Waals surface area (Å²) in [6.45, 7) is 4.13. The number of hydrogen-bond acceptors (Lipinski definition) is 5. The zero-order chi connectivity index (χ0) is 14.1. The average molecular weight is 291 g/mol. The lowest BCUT2D eigenvalue weighted by atomic mass is 10.2. The number of rotatable bonds is 2. The van der Waals surface area contributed by atoms with Crippen LogP contribution in [-0.4, -0.2) is 53.6 Å². The number of carboxylic acids is 1. The summed E-state index contributed by atoms with van der Waals surface area (Å²) in [5.41, 5.74) is 1.26. The Kier molecular flexibility index (Phi) is 3.58. The van der Waals surface area contributed by atoms with Gasteiger partial charge in [-0.25, -0.2) is 4.79 Å². The summed E-state index contributed by atoms with van der Waals surface area (Å²) < 4.78 is 4.96. The molecule has 2 heterocycles. The molecular weight excluding hydrogens is 274 g/mol. The lowest BCUT2D eigenvalue weighted by Crippen LogP contribution is -2.28. The highest BCUT2D eigenvalue weighted by Gasteiger charge is 2.17. The predicted octanol–water partition coefficient (Wildman–Crippen LogP) is 2.14. The van der Waals surface area contributed by atoms with Crippen molar-refractivity contribution in [2.45, 2.75) is 6.42 Å². The molecule has 0 unspecified atom stereocenters. The van der Waals surface area contributed by atoms with Crippen LogP contribution in [0.4, 0.5) is 5.69 Å².